The predicted molar refractivity (Wildman–Crippen MR) is 47.0 cm³/mol. The van der Waals surface area contributed by atoms with Gasteiger partial charge in [0.15, 0.2) is 5.43 Å². The van der Waals surface area contributed by atoms with Crippen molar-refractivity contribution < 1.29 is 0 Å². The molecule has 12 heavy (non-hydrogen) atoms. The van der Waals surface area contributed by atoms with E-state index in [0.29, 0.717) is 6.04 Å². The van der Waals surface area contributed by atoms with E-state index in [2.05, 4.69) is 10.3 Å². The molecule has 3 heteroatoms. The van der Waals surface area contributed by atoms with Crippen LogP contribution in [0.2, 0.25) is 0 Å². The summed E-state index contributed by atoms with van der Waals surface area (Å²) in [6, 6.07) is 3.57. The highest BCUT2D eigenvalue weighted by Crippen LogP contribution is 2.19. The van der Waals surface area contributed by atoms with Gasteiger partial charge in [-0.15, -0.1) is 0 Å². The molecule has 0 aliphatic carbocycles. The minimum Gasteiger partial charge on any atom is -0.363 e. The third-order valence-electron chi connectivity index (χ3n) is 2.23. The Balaban J connectivity index is 2.27. The Bertz CT molecular complexity index is 312. The van der Waals surface area contributed by atoms with Crippen molar-refractivity contribution in [1.29, 1.82) is 0 Å². The van der Waals surface area contributed by atoms with E-state index in [1.165, 1.54) is 6.42 Å². The van der Waals surface area contributed by atoms with Crippen LogP contribution in [0.25, 0.3) is 0 Å². The summed E-state index contributed by atoms with van der Waals surface area (Å²) >= 11 is 0. The SMILES string of the molecule is O=c1cc[nH]c([C@H]2CCCN2)c1. The zero-order valence-electron chi connectivity index (χ0n) is 6.84. The quantitative estimate of drug-likeness (QED) is 0.644. The smallest absolute Gasteiger partial charge is 0.181 e. The molecule has 0 amide bonds. The van der Waals surface area contributed by atoms with Crippen molar-refractivity contribution in [3.8, 4) is 0 Å². The van der Waals surface area contributed by atoms with E-state index in [9.17, 15) is 4.79 Å². The first kappa shape index (κ1) is 7.55. The molecule has 0 spiro atoms. The van der Waals surface area contributed by atoms with Gasteiger partial charge >= 0.3 is 0 Å². The number of hydrogen-bond acceptors (Lipinski definition) is 2. The van der Waals surface area contributed by atoms with Gasteiger partial charge in [0.25, 0.3) is 0 Å². The van der Waals surface area contributed by atoms with Crippen LogP contribution < -0.4 is 10.7 Å². The third kappa shape index (κ3) is 1.41. The molecule has 64 valence electrons. The standard InChI is InChI=1S/C9H12N2O/c12-7-3-5-11-9(6-7)8-2-1-4-10-8/h3,5-6,8,10H,1-2,4H2,(H,11,12)/t8-/m1/s1. The van der Waals surface area contributed by atoms with Crippen LogP contribution in [0.1, 0.15) is 24.6 Å². The summed E-state index contributed by atoms with van der Waals surface area (Å²) in [7, 11) is 0. The number of pyridine rings is 1. The minimum absolute atomic E-state index is 0.0810. The summed E-state index contributed by atoms with van der Waals surface area (Å²) in [6.45, 7) is 1.06. The van der Waals surface area contributed by atoms with Crippen molar-refractivity contribution in [2.75, 3.05) is 6.54 Å². The molecule has 1 aliphatic heterocycles. The Morgan fingerprint density at radius 1 is 1.50 bits per heavy atom. The molecule has 0 unspecified atom stereocenters. The summed E-state index contributed by atoms with van der Waals surface area (Å²) in [5, 5.41) is 3.33. The molecular formula is C9H12N2O. The normalized spacial score (nSPS) is 22.8. The molecule has 0 bridgehead atoms. The first-order valence-corrected chi connectivity index (χ1v) is 4.28. The maximum atomic E-state index is 11.0. The fraction of sp³-hybridized carbons (Fsp3) is 0.444. The number of aromatic nitrogens is 1. The molecule has 0 aromatic carbocycles. The Morgan fingerprint density at radius 2 is 2.42 bits per heavy atom. The third-order valence-corrected chi connectivity index (χ3v) is 2.23. The first-order valence-electron chi connectivity index (χ1n) is 4.28. The van der Waals surface area contributed by atoms with Crippen LogP contribution in [0.15, 0.2) is 23.1 Å². The maximum Gasteiger partial charge on any atom is 0.181 e. The van der Waals surface area contributed by atoms with Gasteiger partial charge < -0.3 is 10.3 Å². The fourth-order valence-corrected chi connectivity index (χ4v) is 1.61. The van der Waals surface area contributed by atoms with Crippen LogP contribution in [0.5, 0.6) is 0 Å². The van der Waals surface area contributed by atoms with Crippen molar-refractivity contribution >= 4 is 0 Å². The highest BCUT2D eigenvalue weighted by molar-refractivity contribution is 5.10. The van der Waals surface area contributed by atoms with E-state index in [0.717, 1.165) is 18.7 Å². The first-order chi connectivity index (χ1) is 5.86. The Labute approximate surface area is 70.8 Å². The van der Waals surface area contributed by atoms with Crippen molar-refractivity contribution in [3.63, 3.8) is 0 Å². The van der Waals surface area contributed by atoms with Gasteiger partial charge in [-0.05, 0) is 19.4 Å². The van der Waals surface area contributed by atoms with Gasteiger partial charge in [0.1, 0.15) is 0 Å². The van der Waals surface area contributed by atoms with Gasteiger partial charge in [0, 0.05) is 30.1 Å². The summed E-state index contributed by atoms with van der Waals surface area (Å²) in [5.41, 5.74) is 1.09. The van der Waals surface area contributed by atoms with Gasteiger partial charge in [-0.3, -0.25) is 4.79 Å². The Morgan fingerprint density at radius 3 is 3.08 bits per heavy atom. The van der Waals surface area contributed by atoms with E-state index in [1.54, 1.807) is 18.3 Å². The Hall–Kier alpha value is -1.09. The summed E-state index contributed by atoms with van der Waals surface area (Å²) in [5.74, 6) is 0. The molecule has 1 atom stereocenters. The van der Waals surface area contributed by atoms with Gasteiger partial charge in [0.05, 0.1) is 0 Å². The van der Waals surface area contributed by atoms with Gasteiger partial charge in [-0.25, -0.2) is 0 Å². The van der Waals surface area contributed by atoms with Crippen molar-refractivity contribution in [3.05, 3.63) is 34.2 Å². The lowest BCUT2D eigenvalue weighted by Crippen LogP contribution is -2.16. The lowest BCUT2D eigenvalue weighted by Gasteiger charge is -2.08. The number of rotatable bonds is 1. The lowest BCUT2D eigenvalue weighted by atomic mass is 10.1. The average molecular weight is 164 g/mol. The summed E-state index contributed by atoms with van der Waals surface area (Å²) < 4.78 is 0. The number of H-pyrrole nitrogens is 1. The second kappa shape index (κ2) is 3.11. The molecule has 0 radical (unpaired) electrons. The minimum atomic E-state index is 0.0810. The van der Waals surface area contributed by atoms with Crippen LogP contribution in [0.3, 0.4) is 0 Å². The highest BCUT2D eigenvalue weighted by atomic mass is 16.1. The number of hydrogen-bond donors (Lipinski definition) is 2. The molecule has 1 fully saturated rings. The zero-order chi connectivity index (χ0) is 8.39. The van der Waals surface area contributed by atoms with Gasteiger partial charge in [-0.2, -0.15) is 0 Å². The molecule has 3 nitrogen and oxygen atoms in total. The molecule has 2 heterocycles. The van der Waals surface area contributed by atoms with Crippen molar-refractivity contribution in [2.45, 2.75) is 18.9 Å². The molecule has 1 aromatic heterocycles. The molecule has 2 rings (SSSR count). The molecule has 0 saturated carbocycles. The fourth-order valence-electron chi connectivity index (χ4n) is 1.61. The maximum absolute atomic E-state index is 11.0. The van der Waals surface area contributed by atoms with E-state index >= 15 is 0 Å². The number of aromatic amines is 1. The topological polar surface area (TPSA) is 44.9 Å². The van der Waals surface area contributed by atoms with Crippen molar-refractivity contribution in [1.82, 2.24) is 10.3 Å². The van der Waals surface area contributed by atoms with Gasteiger partial charge in [-0.1, -0.05) is 0 Å². The lowest BCUT2D eigenvalue weighted by molar-refractivity contribution is 0.627. The molecule has 2 N–H and O–H groups in total. The molecular weight excluding hydrogens is 152 g/mol. The average Bonchev–Trinajstić information content (AvgIpc) is 2.56. The van der Waals surface area contributed by atoms with Crippen LogP contribution in [0, 0.1) is 0 Å². The predicted octanol–water partition coefficient (Wildman–Crippen LogP) is 0.799. The van der Waals surface area contributed by atoms with E-state index in [-0.39, 0.29) is 5.43 Å². The second-order valence-corrected chi connectivity index (χ2v) is 3.13. The zero-order valence-corrected chi connectivity index (χ0v) is 6.84. The highest BCUT2D eigenvalue weighted by Gasteiger charge is 2.16. The molecule has 1 saturated heterocycles. The monoisotopic (exact) mass is 164 g/mol. The second-order valence-electron chi connectivity index (χ2n) is 3.13. The summed E-state index contributed by atoms with van der Waals surface area (Å²) in [4.78, 5) is 14.1. The van der Waals surface area contributed by atoms with Gasteiger partial charge in [0.2, 0.25) is 0 Å². The summed E-state index contributed by atoms with van der Waals surface area (Å²) in [6.07, 6.45) is 4.03. The van der Waals surface area contributed by atoms with Crippen molar-refractivity contribution in [2.24, 2.45) is 0 Å². The van der Waals surface area contributed by atoms with Crippen LogP contribution in [-0.2, 0) is 0 Å². The molecule has 1 aliphatic rings. The van der Waals surface area contributed by atoms with E-state index in [1.807, 2.05) is 0 Å². The van der Waals surface area contributed by atoms with E-state index in [4.69, 9.17) is 0 Å². The number of nitrogens with one attached hydrogen (secondary N) is 2. The van der Waals surface area contributed by atoms with Crippen LogP contribution >= 0.6 is 0 Å². The van der Waals surface area contributed by atoms with E-state index < -0.39 is 0 Å². The largest absolute Gasteiger partial charge is 0.363 e. The Kier molecular flexibility index (Phi) is 1.96. The molecule has 1 aromatic rings. The van der Waals surface area contributed by atoms with Crippen LogP contribution in [0.4, 0.5) is 0 Å². The van der Waals surface area contributed by atoms with Crippen LogP contribution in [-0.4, -0.2) is 11.5 Å².